The van der Waals surface area contributed by atoms with Gasteiger partial charge in [0.1, 0.15) is 0 Å². The van der Waals surface area contributed by atoms with Crippen LogP contribution in [-0.2, 0) is 15.0 Å². The van der Waals surface area contributed by atoms with Crippen LogP contribution in [0.4, 0.5) is 5.69 Å². The third kappa shape index (κ3) is 3.39. The maximum Gasteiger partial charge on any atom is 0.256 e. The molecule has 1 aliphatic rings. The molecule has 7 nitrogen and oxygen atoms in total. The third-order valence-electron chi connectivity index (χ3n) is 5.76. The lowest BCUT2D eigenvalue weighted by molar-refractivity contribution is -0.138. The minimum absolute atomic E-state index is 0.252. The van der Waals surface area contributed by atoms with Gasteiger partial charge >= 0.3 is 0 Å². The minimum Gasteiger partial charge on any atom is -0.322 e. The van der Waals surface area contributed by atoms with Crippen molar-refractivity contribution in [2.75, 3.05) is 5.32 Å². The number of piperidine rings is 1. The lowest BCUT2D eigenvalue weighted by Crippen LogP contribution is -2.51. The van der Waals surface area contributed by atoms with Crippen LogP contribution in [0.3, 0.4) is 0 Å². The zero-order valence-corrected chi connectivity index (χ0v) is 16.5. The molecule has 0 aliphatic carbocycles. The second-order valence-corrected chi connectivity index (χ2v) is 7.44. The average Bonchev–Trinajstić information content (AvgIpc) is 2.74. The molecule has 1 atom stereocenters. The number of fused-ring (bicyclic) bond motifs is 1. The van der Waals surface area contributed by atoms with E-state index in [9.17, 15) is 19.2 Å². The Morgan fingerprint density at radius 3 is 2.50 bits per heavy atom. The predicted molar refractivity (Wildman–Crippen MR) is 113 cm³/mol. The summed E-state index contributed by atoms with van der Waals surface area (Å²) in [6, 6.07) is 15.4. The number of H-pyrrole nitrogens is 1. The quantitative estimate of drug-likeness (QED) is 0.582. The Morgan fingerprint density at radius 1 is 1.07 bits per heavy atom. The SMILES string of the molecule is CCC1(c2ccc(NC(=O)c3cc(=O)[nH]c4ccccc34)cc2)CCC(=O)NC1=O. The number of para-hydroxylation sites is 1. The van der Waals surface area contributed by atoms with Crippen LogP contribution in [0.15, 0.2) is 59.4 Å². The van der Waals surface area contributed by atoms with Crippen LogP contribution in [0.25, 0.3) is 10.9 Å². The molecule has 1 aromatic heterocycles. The van der Waals surface area contributed by atoms with Crippen LogP contribution >= 0.6 is 0 Å². The molecule has 2 aromatic carbocycles. The molecule has 7 heteroatoms. The van der Waals surface area contributed by atoms with E-state index in [1.54, 1.807) is 48.5 Å². The normalized spacial score (nSPS) is 18.8. The summed E-state index contributed by atoms with van der Waals surface area (Å²) in [4.78, 5) is 51.5. The first-order chi connectivity index (χ1) is 14.4. The molecule has 30 heavy (non-hydrogen) atoms. The molecule has 1 saturated heterocycles. The van der Waals surface area contributed by atoms with Crippen molar-refractivity contribution in [3.63, 3.8) is 0 Å². The van der Waals surface area contributed by atoms with Gasteiger partial charge in [-0.2, -0.15) is 0 Å². The zero-order chi connectivity index (χ0) is 21.3. The van der Waals surface area contributed by atoms with Crippen LogP contribution < -0.4 is 16.2 Å². The van der Waals surface area contributed by atoms with E-state index in [-0.39, 0.29) is 22.9 Å². The number of rotatable bonds is 4. The fraction of sp³-hybridized carbons (Fsp3) is 0.217. The fourth-order valence-corrected chi connectivity index (χ4v) is 4.03. The second kappa shape index (κ2) is 7.59. The Bertz CT molecular complexity index is 1210. The molecule has 3 amide bonds. The number of hydrogen-bond donors (Lipinski definition) is 3. The topological polar surface area (TPSA) is 108 Å². The number of anilines is 1. The van der Waals surface area contributed by atoms with Crippen molar-refractivity contribution in [2.45, 2.75) is 31.6 Å². The highest BCUT2D eigenvalue weighted by Crippen LogP contribution is 2.36. The number of nitrogens with one attached hydrogen (secondary N) is 3. The van der Waals surface area contributed by atoms with E-state index in [4.69, 9.17) is 0 Å². The van der Waals surface area contributed by atoms with Gasteiger partial charge in [0, 0.05) is 29.1 Å². The Hall–Kier alpha value is -3.74. The molecule has 0 bridgehead atoms. The highest BCUT2D eigenvalue weighted by atomic mass is 16.2. The highest BCUT2D eigenvalue weighted by Gasteiger charge is 2.42. The Morgan fingerprint density at radius 2 is 1.80 bits per heavy atom. The molecule has 2 heterocycles. The summed E-state index contributed by atoms with van der Waals surface area (Å²) in [5.74, 6) is -0.928. The molecule has 152 valence electrons. The summed E-state index contributed by atoms with van der Waals surface area (Å²) in [5.41, 5.74) is 1.12. The van der Waals surface area contributed by atoms with E-state index in [0.29, 0.717) is 35.9 Å². The van der Waals surface area contributed by atoms with Crippen molar-refractivity contribution in [1.82, 2.24) is 10.3 Å². The van der Waals surface area contributed by atoms with E-state index in [2.05, 4.69) is 15.6 Å². The first-order valence-corrected chi connectivity index (χ1v) is 9.81. The molecule has 0 radical (unpaired) electrons. The maximum absolute atomic E-state index is 12.8. The largest absolute Gasteiger partial charge is 0.322 e. The Balaban J connectivity index is 1.60. The van der Waals surface area contributed by atoms with Crippen molar-refractivity contribution in [3.8, 4) is 0 Å². The van der Waals surface area contributed by atoms with Gasteiger partial charge in [-0.05, 0) is 36.6 Å². The summed E-state index contributed by atoms with van der Waals surface area (Å²) >= 11 is 0. The number of hydrogen-bond acceptors (Lipinski definition) is 4. The second-order valence-electron chi connectivity index (χ2n) is 7.44. The van der Waals surface area contributed by atoms with Gasteiger partial charge in [0.25, 0.3) is 5.91 Å². The van der Waals surface area contributed by atoms with Crippen molar-refractivity contribution >= 4 is 34.3 Å². The molecule has 3 N–H and O–H groups in total. The number of pyridine rings is 1. The van der Waals surface area contributed by atoms with E-state index in [1.807, 2.05) is 6.92 Å². The van der Waals surface area contributed by atoms with Gasteiger partial charge in [-0.3, -0.25) is 24.5 Å². The van der Waals surface area contributed by atoms with Gasteiger partial charge in [0.05, 0.1) is 11.0 Å². The van der Waals surface area contributed by atoms with E-state index >= 15 is 0 Å². The van der Waals surface area contributed by atoms with E-state index < -0.39 is 11.3 Å². The number of amides is 3. The third-order valence-corrected chi connectivity index (χ3v) is 5.76. The summed E-state index contributed by atoms with van der Waals surface area (Å²) in [6.45, 7) is 1.92. The predicted octanol–water partition coefficient (Wildman–Crippen LogP) is 2.86. The zero-order valence-electron chi connectivity index (χ0n) is 16.5. The molecule has 0 spiro atoms. The number of imide groups is 1. The summed E-state index contributed by atoms with van der Waals surface area (Å²) in [7, 11) is 0. The van der Waals surface area contributed by atoms with Crippen LogP contribution in [-0.4, -0.2) is 22.7 Å². The van der Waals surface area contributed by atoms with Gasteiger partial charge in [-0.25, -0.2) is 0 Å². The molecule has 1 aliphatic heterocycles. The average molecular weight is 403 g/mol. The van der Waals surface area contributed by atoms with Gasteiger partial charge in [0.15, 0.2) is 0 Å². The van der Waals surface area contributed by atoms with Crippen LogP contribution in [0.1, 0.15) is 42.1 Å². The molecule has 3 aromatic rings. The lowest BCUT2D eigenvalue weighted by Gasteiger charge is -2.35. The standard InChI is InChI=1S/C23H21N3O4/c1-2-23(12-11-19(27)26-22(23)30)14-7-9-15(10-8-14)24-21(29)17-13-20(28)25-18-6-4-3-5-16(17)18/h3-10,13H,2,11-12H2,1H3,(H,24,29)(H,25,28)(H,26,27,30). The molecule has 1 unspecified atom stereocenters. The van der Waals surface area contributed by atoms with Gasteiger partial charge in [-0.15, -0.1) is 0 Å². The van der Waals surface area contributed by atoms with E-state index in [0.717, 1.165) is 5.56 Å². The number of carbonyl (C=O) groups is 3. The van der Waals surface area contributed by atoms with Crippen molar-refractivity contribution in [3.05, 3.63) is 76.1 Å². The number of carbonyl (C=O) groups excluding carboxylic acids is 3. The first-order valence-electron chi connectivity index (χ1n) is 9.81. The van der Waals surface area contributed by atoms with Crippen molar-refractivity contribution in [1.29, 1.82) is 0 Å². The van der Waals surface area contributed by atoms with Gasteiger partial charge in [0.2, 0.25) is 17.4 Å². The number of benzene rings is 2. The van der Waals surface area contributed by atoms with E-state index in [1.165, 1.54) is 6.07 Å². The number of aromatic amines is 1. The smallest absolute Gasteiger partial charge is 0.256 e. The highest BCUT2D eigenvalue weighted by molar-refractivity contribution is 6.12. The molecule has 1 fully saturated rings. The molecule has 0 saturated carbocycles. The molecule has 4 rings (SSSR count). The minimum atomic E-state index is -0.751. The summed E-state index contributed by atoms with van der Waals surface area (Å²) in [6.07, 6.45) is 1.32. The summed E-state index contributed by atoms with van der Waals surface area (Å²) < 4.78 is 0. The van der Waals surface area contributed by atoms with Gasteiger partial charge < -0.3 is 10.3 Å². The van der Waals surface area contributed by atoms with Crippen LogP contribution in [0.5, 0.6) is 0 Å². The Labute approximate surface area is 172 Å². The van der Waals surface area contributed by atoms with Crippen molar-refractivity contribution < 1.29 is 14.4 Å². The van der Waals surface area contributed by atoms with Crippen molar-refractivity contribution in [2.24, 2.45) is 0 Å². The maximum atomic E-state index is 12.8. The molecular formula is C23H21N3O4. The lowest BCUT2D eigenvalue weighted by atomic mass is 9.72. The first kappa shape index (κ1) is 19.6. The summed E-state index contributed by atoms with van der Waals surface area (Å²) in [5, 5.41) is 5.89. The number of aromatic nitrogens is 1. The van der Waals surface area contributed by atoms with Crippen LogP contribution in [0.2, 0.25) is 0 Å². The monoisotopic (exact) mass is 403 g/mol. The van der Waals surface area contributed by atoms with Crippen LogP contribution in [0, 0.1) is 0 Å². The molecular weight excluding hydrogens is 382 g/mol. The fourth-order valence-electron chi connectivity index (χ4n) is 4.03. The van der Waals surface area contributed by atoms with Gasteiger partial charge in [-0.1, -0.05) is 37.3 Å². The Kier molecular flexibility index (Phi) is 4.95.